The third-order valence-electron chi connectivity index (χ3n) is 3.25. The molecule has 145 valence electrons. The normalized spacial score (nSPS) is 12.3. The summed E-state index contributed by atoms with van der Waals surface area (Å²) in [5, 5.41) is 10.6. The van der Waals surface area contributed by atoms with Crippen LogP contribution in [0.15, 0.2) is 18.2 Å². The molecular weight excluding hydrogens is 461 g/mol. The van der Waals surface area contributed by atoms with Crippen molar-refractivity contribution in [2.45, 2.75) is 18.8 Å². The Balaban J connectivity index is 0.00000364. The van der Waals surface area contributed by atoms with E-state index >= 15 is 0 Å². The fourth-order valence-electron chi connectivity index (χ4n) is 2.01. The quantitative estimate of drug-likeness (QED) is 0.584. The number of aromatic nitrogens is 2. The number of nitrogens with zero attached hydrogens (tertiary/aromatic N) is 2. The van der Waals surface area contributed by atoms with Gasteiger partial charge in [0.15, 0.2) is 5.82 Å². The Kier molecular flexibility index (Phi) is 8.46. The maximum atomic E-state index is 12.6. The number of aryl methyl sites for hydroxylation is 1. The van der Waals surface area contributed by atoms with E-state index in [4.69, 9.17) is 9.47 Å². The molecule has 1 unspecified atom stereocenters. The summed E-state index contributed by atoms with van der Waals surface area (Å²) in [6, 6.07) is 6.68. The Morgan fingerprint density at radius 2 is 1.74 bits per heavy atom. The number of benzene rings is 1. The molecule has 0 bridgehead atoms. The molecule has 0 aliphatic rings. The molecule has 0 fully saturated rings. The van der Waals surface area contributed by atoms with E-state index in [-0.39, 0.29) is 61.5 Å². The maximum absolute atomic E-state index is 12.6. The number of hydrogen-bond acceptors (Lipinski definition) is 7. The van der Waals surface area contributed by atoms with E-state index in [1.165, 1.54) is 32.4 Å². The first-order chi connectivity index (χ1) is 12.2. The molecule has 0 saturated carbocycles. The molecule has 0 spiro atoms. The van der Waals surface area contributed by atoms with E-state index in [0.717, 1.165) is 0 Å². The number of nitrogens with one attached hydrogen (secondary N) is 1. The third-order valence-corrected chi connectivity index (χ3v) is 4.21. The fraction of sp³-hybridized carbons (Fsp3) is 0.333. The number of anilines is 1. The molecule has 1 radical (unpaired) electrons. The van der Waals surface area contributed by atoms with Gasteiger partial charge >= 0.3 is 5.76 Å². The van der Waals surface area contributed by atoms with Gasteiger partial charge in [0.1, 0.15) is 0 Å². The van der Waals surface area contributed by atoms with Gasteiger partial charge < -0.3 is 19.3 Å². The molecule has 0 amide bonds. The first-order valence-electron chi connectivity index (χ1n) is 7.15. The zero-order valence-corrected chi connectivity index (χ0v) is 18.3. The van der Waals surface area contributed by atoms with E-state index in [2.05, 4.69) is 16.0 Å². The van der Waals surface area contributed by atoms with Crippen LogP contribution >= 0.6 is 0 Å². The van der Waals surface area contributed by atoms with Gasteiger partial charge in [0, 0.05) is 32.7 Å². The number of sulfonamides is 1. The van der Waals surface area contributed by atoms with Crippen molar-refractivity contribution in [2.75, 3.05) is 18.9 Å². The minimum Gasteiger partial charge on any atom is -0.481 e. The van der Waals surface area contributed by atoms with Crippen LogP contribution in [0, 0.1) is 13.0 Å². The largest absolute Gasteiger partial charge is 0.481 e. The standard InChI is InChI=1S/C15H16F2N3O5S.Y/c1-8-4-5-10(20-26(22,23)15(16)17)9(6-8)13(21)14-18-11(24-2)7-12(19-14)25-3;/h4,6-7,13,15,20-21H,1-3H3;/q-1;. The average Bonchev–Trinajstić information content (AvgIpc) is 2.61. The number of ether oxygens (including phenoxy) is 2. The topological polar surface area (TPSA) is 111 Å². The van der Waals surface area contributed by atoms with Crippen molar-refractivity contribution in [1.29, 1.82) is 0 Å². The first kappa shape index (κ1) is 23.6. The fourth-order valence-corrected chi connectivity index (χ4v) is 2.56. The Bertz CT molecular complexity index is 877. The summed E-state index contributed by atoms with van der Waals surface area (Å²) in [5.41, 5.74) is 0.215. The number of rotatable bonds is 7. The van der Waals surface area contributed by atoms with E-state index < -0.39 is 21.9 Å². The van der Waals surface area contributed by atoms with Crippen molar-refractivity contribution >= 4 is 15.7 Å². The molecule has 0 saturated heterocycles. The van der Waals surface area contributed by atoms with Crippen LogP contribution in [0.25, 0.3) is 0 Å². The third kappa shape index (κ3) is 5.77. The number of hydrogen-bond donors (Lipinski definition) is 2. The summed E-state index contributed by atoms with van der Waals surface area (Å²) < 4.78 is 59.9. The summed E-state index contributed by atoms with van der Waals surface area (Å²) in [6.45, 7) is 1.66. The van der Waals surface area contributed by atoms with Crippen LogP contribution in [0.3, 0.4) is 0 Å². The summed E-state index contributed by atoms with van der Waals surface area (Å²) in [7, 11) is -2.25. The first-order valence-corrected chi connectivity index (χ1v) is 8.69. The van der Waals surface area contributed by atoms with Gasteiger partial charge in [0.25, 0.3) is 10.0 Å². The van der Waals surface area contributed by atoms with Gasteiger partial charge in [-0.25, -0.2) is 8.42 Å². The van der Waals surface area contributed by atoms with Crippen molar-refractivity contribution in [1.82, 2.24) is 9.97 Å². The Hall–Kier alpha value is -1.43. The second-order valence-corrected chi connectivity index (χ2v) is 6.78. The molecule has 12 heteroatoms. The number of aliphatic hydroxyl groups excluding tert-OH is 1. The van der Waals surface area contributed by atoms with E-state index in [1.54, 1.807) is 11.6 Å². The van der Waals surface area contributed by atoms with Crippen LogP contribution in [-0.2, 0) is 42.7 Å². The predicted molar refractivity (Wildman–Crippen MR) is 87.8 cm³/mol. The van der Waals surface area contributed by atoms with Crippen molar-refractivity contribution in [3.8, 4) is 11.8 Å². The number of methoxy groups -OCH3 is 2. The van der Waals surface area contributed by atoms with Gasteiger partial charge in [-0.1, -0.05) is 18.2 Å². The minimum atomic E-state index is -4.94. The van der Waals surface area contributed by atoms with Gasteiger partial charge in [-0.15, -0.1) is 0 Å². The summed E-state index contributed by atoms with van der Waals surface area (Å²) in [5.74, 6) is -3.62. The predicted octanol–water partition coefficient (Wildman–Crippen LogP) is 1.65. The zero-order chi connectivity index (χ0) is 19.5. The van der Waals surface area contributed by atoms with E-state index in [0.29, 0.717) is 5.56 Å². The van der Waals surface area contributed by atoms with Gasteiger partial charge in [0.2, 0.25) is 11.8 Å². The number of halogens is 2. The second-order valence-electron chi connectivity index (χ2n) is 5.13. The Labute approximate surface area is 180 Å². The van der Waals surface area contributed by atoms with Crippen LogP contribution in [0.2, 0.25) is 0 Å². The Morgan fingerprint density at radius 1 is 1.19 bits per heavy atom. The Morgan fingerprint density at radius 3 is 2.22 bits per heavy atom. The van der Waals surface area contributed by atoms with Gasteiger partial charge in [-0.3, -0.25) is 0 Å². The molecule has 8 nitrogen and oxygen atoms in total. The molecule has 1 atom stereocenters. The van der Waals surface area contributed by atoms with Gasteiger partial charge in [-0.05, 0) is 0 Å². The van der Waals surface area contributed by atoms with Crippen LogP contribution in [0.1, 0.15) is 23.1 Å². The van der Waals surface area contributed by atoms with Crippen LogP contribution in [0.5, 0.6) is 11.8 Å². The molecule has 0 aliphatic carbocycles. The van der Waals surface area contributed by atoms with E-state index in [1.807, 2.05) is 0 Å². The molecule has 2 aromatic rings. The van der Waals surface area contributed by atoms with E-state index in [9.17, 15) is 22.3 Å². The average molecular weight is 477 g/mol. The van der Waals surface area contributed by atoms with Gasteiger partial charge in [-0.2, -0.15) is 42.5 Å². The summed E-state index contributed by atoms with van der Waals surface area (Å²) in [6.07, 6.45) is -1.55. The van der Waals surface area contributed by atoms with Crippen molar-refractivity contribution in [2.24, 2.45) is 0 Å². The van der Waals surface area contributed by atoms with Crippen LogP contribution < -0.4 is 14.2 Å². The van der Waals surface area contributed by atoms with Crippen LogP contribution in [0.4, 0.5) is 14.5 Å². The molecule has 1 aromatic carbocycles. The molecular formula is C15H16F2N3O5SY-. The second kappa shape index (κ2) is 9.67. The number of alkyl halides is 2. The molecule has 1 heterocycles. The molecule has 0 aliphatic heterocycles. The molecule has 2 N–H and O–H groups in total. The van der Waals surface area contributed by atoms with Crippen molar-refractivity contribution in [3.63, 3.8) is 0 Å². The van der Waals surface area contributed by atoms with Crippen LogP contribution in [-0.4, -0.2) is 43.5 Å². The maximum Gasteiger partial charge on any atom is 0.355 e. The van der Waals surface area contributed by atoms with Gasteiger partial charge in [0.05, 0.1) is 26.4 Å². The summed E-state index contributed by atoms with van der Waals surface area (Å²) in [4.78, 5) is 7.95. The van der Waals surface area contributed by atoms with Crippen molar-refractivity contribution < 1.29 is 64.5 Å². The number of aliphatic hydroxyl groups is 1. The SMILES string of the molecule is COc1cc(OC)nc(C(O)c2cc(C)c[c-]c2NS(=O)(=O)C(F)F)n1.[Y]. The zero-order valence-electron chi connectivity index (χ0n) is 14.6. The molecule has 2 rings (SSSR count). The molecule has 1 aromatic heterocycles. The smallest absolute Gasteiger partial charge is 0.355 e. The minimum absolute atomic E-state index is 0. The monoisotopic (exact) mass is 477 g/mol. The van der Waals surface area contributed by atoms with Crippen molar-refractivity contribution in [3.05, 3.63) is 41.2 Å². The summed E-state index contributed by atoms with van der Waals surface area (Å²) >= 11 is 0. The molecule has 27 heavy (non-hydrogen) atoms.